The molecule has 0 fully saturated rings. The molecule has 0 spiro atoms. The number of ether oxygens (including phenoxy) is 2. The third-order valence-electron chi connectivity index (χ3n) is 4.11. The summed E-state index contributed by atoms with van der Waals surface area (Å²) < 4.78 is 41.0. The van der Waals surface area contributed by atoms with Gasteiger partial charge in [0.25, 0.3) is 0 Å². The molecule has 3 aromatic carbocycles. The summed E-state index contributed by atoms with van der Waals surface area (Å²) in [5, 5.41) is 0. The van der Waals surface area contributed by atoms with Gasteiger partial charge < -0.3 is 9.47 Å². The number of benzene rings is 3. The summed E-state index contributed by atoms with van der Waals surface area (Å²) in [4.78, 5) is 13.6. The van der Waals surface area contributed by atoms with Gasteiger partial charge in [0, 0.05) is 20.9 Å². The topological polar surface area (TPSA) is 35.5 Å². The third-order valence-corrected chi connectivity index (χ3v) is 5.17. The van der Waals surface area contributed by atoms with Crippen molar-refractivity contribution >= 4 is 17.5 Å². The number of halogens is 2. The van der Waals surface area contributed by atoms with Gasteiger partial charge in [0.2, 0.25) is 12.6 Å². The summed E-state index contributed by atoms with van der Waals surface area (Å²) in [7, 11) is 0. The number of fused-ring (bicyclic) bond motifs is 1. The second-order valence-electron chi connectivity index (χ2n) is 5.89. The molecular weight excluding hydrogens is 370 g/mol. The van der Waals surface area contributed by atoms with Gasteiger partial charge in [-0.2, -0.15) is 8.78 Å². The molecule has 0 aliphatic carbocycles. The second kappa shape index (κ2) is 7.04. The Morgan fingerprint density at radius 1 is 0.889 bits per heavy atom. The van der Waals surface area contributed by atoms with Gasteiger partial charge in [-0.3, -0.25) is 4.79 Å². The molecule has 6 heteroatoms. The van der Waals surface area contributed by atoms with Crippen LogP contribution in [0.3, 0.4) is 0 Å². The van der Waals surface area contributed by atoms with E-state index in [0.29, 0.717) is 5.75 Å². The maximum atomic E-state index is 15.2. The minimum absolute atomic E-state index is 0.0353. The number of carbonyl (C=O) groups is 1. The van der Waals surface area contributed by atoms with Crippen LogP contribution in [0.5, 0.6) is 11.5 Å². The average Bonchev–Trinajstić information content (AvgIpc) is 3.15. The van der Waals surface area contributed by atoms with E-state index in [9.17, 15) is 4.79 Å². The van der Waals surface area contributed by atoms with E-state index in [-0.39, 0.29) is 23.0 Å². The van der Waals surface area contributed by atoms with Crippen molar-refractivity contribution in [3.05, 3.63) is 83.9 Å². The number of rotatable bonds is 5. The van der Waals surface area contributed by atoms with E-state index in [1.165, 1.54) is 24.3 Å². The predicted octanol–water partition coefficient (Wildman–Crippen LogP) is 5.54. The van der Waals surface area contributed by atoms with Crippen LogP contribution in [0.15, 0.2) is 82.6 Å². The molecule has 3 aromatic rings. The van der Waals surface area contributed by atoms with Crippen LogP contribution in [-0.4, -0.2) is 12.6 Å². The van der Waals surface area contributed by atoms with E-state index in [2.05, 4.69) is 0 Å². The molecule has 0 bridgehead atoms. The molecule has 4 rings (SSSR count). The Hall–Kier alpha value is -2.86. The van der Waals surface area contributed by atoms with Gasteiger partial charge in [0.05, 0.1) is 0 Å². The first-order chi connectivity index (χ1) is 13.1. The quantitative estimate of drug-likeness (QED) is 0.541. The highest BCUT2D eigenvalue weighted by Crippen LogP contribution is 2.46. The Kier molecular flexibility index (Phi) is 4.58. The van der Waals surface area contributed by atoms with Crippen LogP contribution in [0.2, 0.25) is 0 Å². The Bertz CT molecular complexity index is 975. The molecule has 0 N–H and O–H groups in total. The van der Waals surface area contributed by atoms with Crippen molar-refractivity contribution in [2.45, 2.75) is 15.7 Å². The lowest BCUT2D eigenvalue weighted by atomic mass is 9.98. The van der Waals surface area contributed by atoms with E-state index in [1.54, 1.807) is 18.2 Å². The molecule has 1 aliphatic rings. The third kappa shape index (κ3) is 3.40. The summed E-state index contributed by atoms with van der Waals surface area (Å²) in [6.45, 7) is -0.0353. The molecular formula is C21H14F2O3S. The van der Waals surface area contributed by atoms with E-state index in [1.807, 2.05) is 30.3 Å². The number of alkyl halides is 2. The van der Waals surface area contributed by atoms with Crippen LogP contribution in [0, 0.1) is 0 Å². The molecule has 1 aliphatic heterocycles. The highest BCUT2D eigenvalue weighted by atomic mass is 32.2. The van der Waals surface area contributed by atoms with E-state index in [4.69, 9.17) is 9.47 Å². The zero-order valence-electron chi connectivity index (χ0n) is 14.0. The highest BCUT2D eigenvalue weighted by Gasteiger charge is 2.44. The smallest absolute Gasteiger partial charge is 0.336 e. The van der Waals surface area contributed by atoms with Gasteiger partial charge in [0.15, 0.2) is 11.5 Å². The molecule has 1 heterocycles. The predicted molar refractivity (Wildman–Crippen MR) is 97.8 cm³/mol. The van der Waals surface area contributed by atoms with Gasteiger partial charge in [-0.1, -0.05) is 60.3 Å². The minimum atomic E-state index is -3.71. The first-order valence-electron chi connectivity index (χ1n) is 8.20. The molecule has 3 nitrogen and oxygen atoms in total. The Morgan fingerprint density at radius 2 is 1.48 bits per heavy atom. The van der Waals surface area contributed by atoms with Gasteiger partial charge in [-0.25, -0.2) is 0 Å². The van der Waals surface area contributed by atoms with Crippen LogP contribution in [0.25, 0.3) is 0 Å². The number of ketones is 1. The number of hydrogen-bond donors (Lipinski definition) is 0. The van der Waals surface area contributed by atoms with Gasteiger partial charge in [-0.15, -0.1) is 0 Å². The summed E-state index contributed by atoms with van der Waals surface area (Å²) in [5.41, 5.74) is -0.440. The lowest BCUT2D eigenvalue weighted by Gasteiger charge is -2.19. The molecule has 0 unspecified atom stereocenters. The van der Waals surface area contributed by atoms with Gasteiger partial charge in [0.1, 0.15) is 0 Å². The maximum Gasteiger partial charge on any atom is 0.336 e. The molecule has 0 aromatic heterocycles. The Morgan fingerprint density at radius 3 is 2.15 bits per heavy atom. The normalized spacial score (nSPS) is 12.8. The molecule has 0 saturated heterocycles. The van der Waals surface area contributed by atoms with Crippen molar-refractivity contribution in [1.29, 1.82) is 0 Å². The monoisotopic (exact) mass is 384 g/mol. The highest BCUT2D eigenvalue weighted by molar-refractivity contribution is 7.99. The SMILES string of the molecule is O=C(c1ccccc1)C(F)(F)c1cc2c(cc1Sc1ccccc1)OCO2. The van der Waals surface area contributed by atoms with E-state index < -0.39 is 17.3 Å². The summed E-state index contributed by atoms with van der Waals surface area (Å²) in [6, 6.07) is 19.4. The van der Waals surface area contributed by atoms with Crippen molar-refractivity contribution in [3.63, 3.8) is 0 Å². The maximum absolute atomic E-state index is 15.2. The average molecular weight is 384 g/mol. The van der Waals surface area contributed by atoms with Gasteiger partial charge in [-0.05, 0) is 24.3 Å². The van der Waals surface area contributed by atoms with E-state index in [0.717, 1.165) is 16.7 Å². The zero-order valence-corrected chi connectivity index (χ0v) is 14.8. The van der Waals surface area contributed by atoms with Crippen molar-refractivity contribution in [2.24, 2.45) is 0 Å². The lowest BCUT2D eigenvalue weighted by molar-refractivity contribution is 0.00568. The molecule has 0 saturated carbocycles. The second-order valence-corrected chi connectivity index (χ2v) is 7.00. The zero-order chi connectivity index (χ0) is 18.9. The Labute approximate surface area is 158 Å². The Balaban J connectivity index is 1.79. The fourth-order valence-electron chi connectivity index (χ4n) is 2.76. The van der Waals surface area contributed by atoms with Crippen molar-refractivity contribution in [1.82, 2.24) is 0 Å². The van der Waals surface area contributed by atoms with Crippen LogP contribution in [0.1, 0.15) is 15.9 Å². The number of Topliss-reactive ketones (excluding diaryl/α,β-unsaturated/α-hetero) is 1. The molecule has 0 amide bonds. The first kappa shape index (κ1) is 17.5. The van der Waals surface area contributed by atoms with Crippen LogP contribution < -0.4 is 9.47 Å². The van der Waals surface area contributed by atoms with Gasteiger partial charge >= 0.3 is 5.92 Å². The largest absolute Gasteiger partial charge is 0.454 e. The van der Waals surface area contributed by atoms with Crippen LogP contribution in [0.4, 0.5) is 8.78 Å². The first-order valence-corrected chi connectivity index (χ1v) is 9.02. The summed E-state index contributed by atoms with van der Waals surface area (Å²) >= 11 is 1.15. The molecule has 27 heavy (non-hydrogen) atoms. The summed E-state index contributed by atoms with van der Waals surface area (Å²) in [6.07, 6.45) is 0. The fourth-order valence-corrected chi connectivity index (χ4v) is 3.77. The molecule has 0 atom stereocenters. The summed E-state index contributed by atoms with van der Waals surface area (Å²) in [5.74, 6) is -4.36. The molecule has 136 valence electrons. The lowest BCUT2D eigenvalue weighted by Crippen LogP contribution is -2.26. The van der Waals surface area contributed by atoms with Crippen LogP contribution in [-0.2, 0) is 5.92 Å². The fraction of sp³-hybridized carbons (Fsp3) is 0.0952. The number of hydrogen-bond acceptors (Lipinski definition) is 4. The van der Waals surface area contributed by atoms with E-state index >= 15 is 8.78 Å². The number of carbonyl (C=O) groups excluding carboxylic acids is 1. The van der Waals surface area contributed by atoms with Crippen LogP contribution >= 0.6 is 11.8 Å². The van der Waals surface area contributed by atoms with Crippen molar-refractivity contribution in [3.8, 4) is 11.5 Å². The van der Waals surface area contributed by atoms with Crippen molar-refractivity contribution in [2.75, 3.05) is 6.79 Å². The standard InChI is InChI=1S/C21H14F2O3S/c22-21(23,20(24)14-7-3-1-4-8-14)16-11-17-18(26-13-25-17)12-19(16)27-15-9-5-2-6-10-15/h1-12H,13H2. The van der Waals surface area contributed by atoms with Crippen molar-refractivity contribution < 1.29 is 23.0 Å². The molecule has 0 radical (unpaired) electrons. The minimum Gasteiger partial charge on any atom is -0.454 e.